The Kier molecular flexibility index (Phi) is 4.42. The molecule has 0 aliphatic rings. The number of hydrogen-bond donors (Lipinski definition) is 0. The molecule has 1 heterocycles. The molecule has 6 nitrogen and oxygen atoms in total. The molecule has 2 rings (SSSR count). The Morgan fingerprint density at radius 2 is 1.71 bits per heavy atom. The molecule has 0 aliphatic carbocycles. The lowest BCUT2D eigenvalue weighted by Crippen LogP contribution is -2.09. The molecule has 112 valence electrons. The van der Waals surface area contributed by atoms with Crippen molar-refractivity contribution in [2.24, 2.45) is 0 Å². The molecule has 0 aliphatic heterocycles. The topological polar surface area (TPSA) is 78.4 Å². The number of ether oxygens (including phenoxy) is 2. The lowest BCUT2D eigenvalue weighted by Gasteiger charge is -2.11. The fourth-order valence-electron chi connectivity index (χ4n) is 1.85. The number of nitrogens with zero attached hydrogens (tertiary/aromatic N) is 2. The number of aromatic nitrogens is 2. The van der Waals surface area contributed by atoms with E-state index < -0.39 is 9.84 Å². The molecule has 0 spiro atoms. The van der Waals surface area contributed by atoms with Gasteiger partial charge in [-0.3, -0.25) is 0 Å². The molecule has 0 radical (unpaired) electrons. The first kappa shape index (κ1) is 15.2. The Hall–Kier alpha value is -2.15. The van der Waals surface area contributed by atoms with Gasteiger partial charge in [-0.05, 0) is 19.1 Å². The standard InChI is InChI=1S/C14H16N2O4S/c1-10-4-6-11(7-5-10)21(17,18)8-12-13(19-2)14(20-3)16-9-15-12/h4-7,9H,8H2,1-3H3. The number of methoxy groups -OCH3 is 2. The molecule has 0 N–H and O–H groups in total. The van der Waals surface area contributed by atoms with Crippen molar-refractivity contribution in [3.8, 4) is 11.6 Å². The van der Waals surface area contributed by atoms with E-state index in [4.69, 9.17) is 9.47 Å². The minimum absolute atomic E-state index is 0.210. The molecule has 1 aromatic carbocycles. The van der Waals surface area contributed by atoms with Gasteiger partial charge in [0.25, 0.3) is 5.88 Å². The first-order valence-electron chi connectivity index (χ1n) is 6.19. The summed E-state index contributed by atoms with van der Waals surface area (Å²) in [5.74, 6) is 0.162. The summed E-state index contributed by atoms with van der Waals surface area (Å²) in [6.07, 6.45) is 1.25. The van der Waals surface area contributed by atoms with E-state index in [1.54, 1.807) is 24.3 Å². The lowest BCUT2D eigenvalue weighted by molar-refractivity contribution is 0.338. The van der Waals surface area contributed by atoms with E-state index >= 15 is 0 Å². The first-order chi connectivity index (χ1) is 9.97. The molecule has 1 aromatic heterocycles. The smallest absolute Gasteiger partial charge is 0.260 e. The second-order valence-corrected chi connectivity index (χ2v) is 6.42. The molecule has 0 amide bonds. The maximum atomic E-state index is 12.4. The Labute approximate surface area is 123 Å². The summed E-state index contributed by atoms with van der Waals surface area (Å²) >= 11 is 0. The Morgan fingerprint density at radius 3 is 2.29 bits per heavy atom. The van der Waals surface area contributed by atoms with E-state index in [1.807, 2.05) is 6.92 Å². The van der Waals surface area contributed by atoms with Gasteiger partial charge in [-0.2, -0.15) is 4.98 Å². The van der Waals surface area contributed by atoms with Crippen molar-refractivity contribution in [2.75, 3.05) is 14.2 Å². The van der Waals surface area contributed by atoms with Gasteiger partial charge in [0.2, 0.25) is 5.75 Å². The molecular formula is C14H16N2O4S. The van der Waals surface area contributed by atoms with E-state index in [0.717, 1.165) is 5.56 Å². The van der Waals surface area contributed by atoms with Crippen LogP contribution in [0.1, 0.15) is 11.3 Å². The maximum absolute atomic E-state index is 12.4. The summed E-state index contributed by atoms with van der Waals surface area (Å²) in [6.45, 7) is 1.90. The zero-order chi connectivity index (χ0) is 15.5. The van der Waals surface area contributed by atoms with Crippen molar-refractivity contribution in [2.45, 2.75) is 17.6 Å². The summed E-state index contributed by atoms with van der Waals surface area (Å²) in [4.78, 5) is 8.12. The molecule has 0 bridgehead atoms. The van der Waals surface area contributed by atoms with Crippen molar-refractivity contribution in [1.82, 2.24) is 9.97 Å². The van der Waals surface area contributed by atoms with Crippen molar-refractivity contribution >= 4 is 9.84 Å². The van der Waals surface area contributed by atoms with Crippen LogP contribution in [-0.4, -0.2) is 32.6 Å². The number of benzene rings is 1. The number of hydrogen-bond acceptors (Lipinski definition) is 6. The predicted octanol–water partition coefficient (Wildman–Crippen LogP) is 1.78. The first-order valence-corrected chi connectivity index (χ1v) is 7.84. The molecule has 0 unspecified atom stereocenters. The summed E-state index contributed by atoms with van der Waals surface area (Å²) in [5.41, 5.74) is 1.26. The van der Waals surface area contributed by atoms with Crippen molar-refractivity contribution in [1.29, 1.82) is 0 Å². The molecule has 0 saturated heterocycles. The average Bonchev–Trinajstić information content (AvgIpc) is 2.47. The Balaban J connectivity index is 2.39. The number of sulfone groups is 1. The van der Waals surface area contributed by atoms with Gasteiger partial charge in [-0.1, -0.05) is 17.7 Å². The van der Waals surface area contributed by atoms with Crippen LogP contribution in [0.4, 0.5) is 0 Å². The maximum Gasteiger partial charge on any atom is 0.260 e. The van der Waals surface area contributed by atoms with Gasteiger partial charge >= 0.3 is 0 Å². The van der Waals surface area contributed by atoms with Gasteiger partial charge in [-0.15, -0.1) is 0 Å². The quantitative estimate of drug-likeness (QED) is 0.837. The van der Waals surface area contributed by atoms with Crippen molar-refractivity contribution < 1.29 is 17.9 Å². The Morgan fingerprint density at radius 1 is 1.05 bits per heavy atom. The van der Waals surface area contributed by atoms with E-state index in [9.17, 15) is 8.42 Å². The van der Waals surface area contributed by atoms with Crippen LogP contribution in [0.25, 0.3) is 0 Å². The minimum atomic E-state index is -3.51. The van der Waals surface area contributed by atoms with Crippen LogP contribution in [0.15, 0.2) is 35.5 Å². The normalized spacial score (nSPS) is 11.2. The third-order valence-electron chi connectivity index (χ3n) is 2.95. The van der Waals surface area contributed by atoms with Gasteiger partial charge in [0.05, 0.1) is 19.1 Å². The summed E-state index contributed by atoms with van der Waals surface area (Å²) in [7, 11) is -0.660. The molecule has 2 aromatic rings. The van der Waals surface area contributed by atoms with Gasteiger partial charge in [0.15, 0.2) is 9.84 Å². The van der Waals surface area contributed by atoms with Crippen molar-refractivity contribution in [3.05, 3.63) is 41.9 Å². The van der Waals surface area contributed by atoms with Crippen LogP contribution >= 0.6 is 0 Å². The molecule has 0 fully saturated rings. The summed E-state index contributed by atoms with van der Waals surface area (Å²) in [5, 5.41) is 0. The lowest BCUT2D eigenvalue weighted by atomic mass is 10.2. The van der Waals surface area contributed by atoms with E-state index in [-0.39, 0.29) is 28.0 Å². The van der Waals surface area contributed by atoms with Crippen LogP contribution in [0.5, 0.6) is 11.6 Å². The van der Waals surface area contributed by atoms with E-state index in [2.05, 4.69) is 9.97 Å². The van der Waals surface area contributed by atoms with Crippen LogP contribution < -0.4 is 9.47 Å². The highest BCUT2D eigenvalue weighted by molar-refractivity contribution is 7.90. The SMILES string of the molecule is COc1ncnc(CS(=O)(=O)c2ccc(C)cc2)c1OC. The highest BCUT2D eigenvalue weighted by atomic mass is 32.2. The van der Waals surface area contributed by atoms with Gasteiger partial charge in [0, 0.05) is 0 Å². The van der Waals surface area contributed by atoms with Crippen LogP contribution in [0.3, 0.4) is 0 Å². The largest absolute Gasteiger partial charge is 0.490 e. The highest BCUT2D eigenvalue weighted by Gasteiger charge is 2.21. The molecule has 21 heavy (non-hydrogen) atoms. The Bertz CT molecular complexity index is 727. The molecule has 0 saturated carbocycles. The third kappa shape index (κ3) is 3.30. The fourth-order valence-corrected chi connectivity index (χ4v) is 3.14. The molecule has 0 atom stereocenters. The zero-order valence-corrected chi connectivity index (χ0v) is 12.8. The second-order valence-electron chi connectivity index (χ2n) is 4.44. The summed E-state index contributed by atoms with van der Waals surface area (Å²) in [6, 6.07) is 6.67. The van der Waals surface area contributed by atoms with Crippen LogP contribution in [-0.2, 0) is 15.6 Å². The van der Waals surface area contributed by atoms with Crippen LogP contribution in [0, 0.1) is 6.92 Å². The third-order valence-corrected chi connectivity index (χ3v) is 4.59. The fraction of sp³-hybridized carbons (Fsp3) is 0.286. The zero-order valence-electron chi connectivity index (χ0n) is 12.0. The van der Waals surface area contributed by atoms with Gasteiger partial charge in [0.1, 0.15) is 17.8 Å². The van der Waals surface area contributed by atoms with E-state index in [1.165, 1.54) is 20.5 Å². The minimum Gasteiger partial charge on any atom is -0.490 e. The van der Waals surface area contributed by atoms with E-state index in [0.29, 0.717) is 0 Å². The monoisotopic (exact) mass is 308 g/mol. The van der Waals surface area contributed by atoms with Crippen LogP contribution in [0.2, 0.25) is 0 Å². The average molecular weight is 308 g/mol. The molecular weight excluding hydrogens is 292 g/mol. The molecule has 7 heteroatoms. The van der Waals surface area contributed by atoms with Gasteiger partial charge in [-0.25, -0.2) is 13.4 Å². The highest BCUT2D eigenvalue weighted by Crippen LogP contribution is 2.29. The number of rotatable bonds is 5. The summed E-state index contributed by atoms with van der Waals surface area (Å²) < 4.78 is 35.0. The predicted molar refractivity (Wildman–Crippen MR) is 77.2 cm³/mol. The van der Waals surface area contributed by atoms with Gasteiger partial charge < -0.3 is 9.47 Å². The van der Waals surface area contributed by atoms with Crippen molar-refractivity contribution in [3.63, 3.8) is 0 Å². The number of aryl methyl sites for hydroxylation is 1. The second kappa shape index (κ2) is 6.09.